The van der Waals surface area contributed by atoms with Crippen molar-refractivity contribution in [3.05, 3.63) is 65.7 Å². The molecule has 0 fully saturated rings. The number of amides is 2. The second-order valence-electron chi connectivity index (χ2n) is 6.09. The van der Waals surface area contributed by atoms with Gasteiger partial charge in [-0.25, -0.2) is 5.48 Å². The number of hydrogen-bond donors (Lipinski definition) is 3. The molecule has 0 aliphatic heterocycles. The normalized spacial score (nSPS) is 11.8. The first-order chi connectivity index (χ1) is 11.5. The third-order valence-corrected chi connectivity index (χ3v) is 3.63. The van der Waals surface area contributed by atoms with Crippen LogP contribution in [-0.2, 0) is 9.59 Å². The van der Waals surface area contributed by atoms with Crippen molar-refractivity contribution in [1.29, 1.82) is 0 Å². The molecule has 2 amide bonds. The van der Waals surface area contributed by atoms with Gasteiger partial charge in [0.25, 0.3) is 5.91 Å². The van der Waals surface area contributed by atoms with E-state index in [9.17, 15) is 9.59 Å². The van der Waals surface area contributed by atoms with E-state index in [1.165, 1.54) is 0 Å². The van der Waals surface area contributed by atoms with Crippen molar-refractivity contribution < 1.29 is 14.8 Å². The molecule has 0 heterocycles. The molecule has 126 valence electrons. The summed E-state index contributed by atoms with van der Waals surface area (Å²) < 4.78 is 0. The first-order valence-corrected chi connectivity index (χ1v) is 7.90. The van der Waals surface area contributed by atoms with Crippen molar-refractivity contribution in [2.75, 3.05) is 5.32 Å². The summed E-state index contributed by atoms with van der Waals surface area (Å²) in [4.78, 5) is 23.9. The molecule has 0 saturated carbocycles. The van der Waals surface area contributed by atoms with Crippen molar-refractivity contribution >= 4 is 17.5 Å². The van der Waals surface area contributed by atoms with Gasteiger partial charge < -0.3 is 5.32 Å². The minimum absolute atomic E-state index is 0.0366. The van der Waals surface area contributed by atoms with Gasteiger partial charge in [0, 0.05) is 12.1 Å². The lowest BCUT2D eigenvalue weighted by Crippen LogP contribution is -2.27. The predicted octanol–water partition coefficient (Wildman–Crippen LogP) is 3.31. The molecule has 2 aromatic carbocycles. The van der Waals surface area contributed by atoms with Gasteiger partial charge in [0.05, 0.1) is 5.92 Å². The highest BCUT2D eigenvalue weighted by Crippen LogP contribution is 2.26. The standard InChI is InChI=1S/C19H22N2O3/c1-13(2)12-17(22)20-16-10-8-15(9-11-16)18(19(23)21-24)14-6-4-3-5-7-14/h3-11,13,18,24H,12H2,1-2H3,(H,20,22)(H,21,23). The van der Waals surface area contributed by atoms with Crippen molar-refractivity contribution in [1.82, 2.24) is 5.48 Å². The van der Waals surface area contributed by atoms with Crippen LogP contribution in [-0.4, -0.2) is 17.0 Å². The Bertz CT molecular complexity index is 682. The maximum atomic E-state index is 12.1. The highest BCUT2D eigenvalue weighted by molar-refractivity contribution is 5.91. The number of benzene rings is 2. The van der Waals surface area contributed by atoms with E-state index in [-0.39, 0.29) is 5.91 Å². The first kappa shape index (κ1) is 17.7. The molecule has 0 aromatic heterocycles. The molecule has 1 atom stereocenters. The van der Waals surface area contributed by atoms with Crippen molar-refractivity contribution in [3.8, 4) is 0 Å². The fourth-order valence-electron chi connectivity index (χ4n) is 2.55. The maximum Gasteiger partial charge on any atom is 0.255 e. The topological polar surface area (TPSA) is 78.4 Å². The van der Waals surface area contributed by atoms with Crippen LogP contribution >= 0.6 is 0 Å². The Hall–Kier alpha value is -2.66. The molecule has 5 heteroatoms. The fourth-order valence-corrected chi connectivity index (χ4v) is 2.55. The summed E-state index contributed by atoms with van der Waals surface area (Å²) in [5.74, 6) is -0.861. The number of anilines is 1. The molecule has 0 aliphatic carbocycles. The van der Waals surface area contributed by atoms with Crippen molar-refractivity contribution in [3.63, 3.8) is 0 Å². The Kier molecular flexibility index (Phi) is 6.09. The van der Waals surface area contributed by atoms with Gasteiger partial charge in [0.2, 0.25) is 5.91 Å². The molecule has 5 nitrogen and oxygen atoms in total. The van der Waals surface area contributed by atoms with Crippen LogP contribution in [0.2, 0.25) is 0 Å². The molecular weight excluding hydrogens is 304 g/mol. The zero-order valence-corrected chi connectivity index (χ0v) is 13.8. The fraction of sp³-hybridized carbons (Fsp3) is 0.263. The Morgan fingerprint density at radius 2 is 1.54 bits per heavy atom. The lowest BCUT2D eigenvalue weighted by molar-refractivity contribution is -0.129. The summed E-state index contributed by atoms with van der Waals surface area (Å²) in [6.45, 7) is 3.97. The monoisotopic (exact) mass is 326 g/mol. The van der Waals surface area contributed by atoms with E-state index >= 15 is 0 Å². The summed E-state index contributed by atoms with van der Waals surface area (Å²) in [5, 5.41) is 11.9. The Morgan fingerprint density at radius 3 is 2.08 bits per heavy atom. The Labute approximate surface area is 141 Å². The summed E-state index contributed by atoms with van der Waals surface area (Å²) in [7, 11) is 0. The first-order valence-electron chi connectivity index (χ1n) is 7.90. The van der Waals surface area contributed by atoms with Crippen LogP contribution in [0.15, 0.2) is 54.6 Å². The average Bonchev–Trinajstić information content (AvgIpc) is 2.56. The quantitative estimate of drug-likeness (QED) is 0.563. The Morgan fingerprint density at radius 1 is 0.958 bits per heavy atom. The van der Waals surface area contributed by atoms with E-state index in [0.29, 0.717) is 18.0 Å². The van der Waals surface area contributed by atoms with E-state index in [0.717, 1.165) is 11.1 Å². The van der Waals surface area contributed by atoms with Gasteiger partial charge in [-0.2, -0.15) is 0 Å². The van der Waals surface area contributed by atoms with E-state index in [4.69, 9.17) is 5.21 Å². The van der Waals surface area contributed by atoms with Gasteiger partial charge in [-0.3, -0.25) is 14.8 Å². The maximum absolute atomic E-state index is 12.1. The molecule has 0 aliphatic rings. The summed E-state index contributed by atoms with van der Waals surface area (Å²) >= 11 is 0. The number of hydroxylamine groups is 1. The van der Waals surface area contributed by atoms with Gasteiger partial charge in [-0.1, -0.05) is 56.3 Å². The molecular formula is C19H22N2O3. The average molecular weight is 326 g/mol. The highest BCUT2D eigenvalue weighted by Gasteiger charge is 2.22. The molecule has 2 aromatic rings. The zero-order valence-electron chi connectivity index (χ0n) is 13.8. The van der Waals surface area contributed by atoms with Gasteiger partial charge in [-0.15, -0.1) is 0 Å². The Balaban J connectivity index is 2.20. The lowest BCUT2D eigenvalue weighted by atomic mass is 9.90. The number of carbonyl (C=O) groups excluding carboxylic acids is 2. The number of hydrogen-bond acceptors (Lipinski definition) is 3. The smallest absolute Gasteiger partial charge is 0.255 e. The van der Waals surface area contributed by atoms with E-state index in [2.05, 4.69) is 5.32 Å². The SMILES string of the molecule is CC(C)CC(=O)Nc1ccc(C(C(=O)NO)c2ccccc2)cc1. The van der Waals surface area contributed by atoms with Crippen LogP contribution in [0.4, 0.5) is 5.69 Å². The van der Waals surface area contributed by atoms with Gasteiger partial charge in [0.15, 0.2) is 0 Å². The van der Waals surface area contributed by atoms with E-state index in [1.54, 1.807) is 29.7 Å². The van der Waals surface area contributed by atoms with Crippen LogP contribution in [0, 0.1) is 5.92 Å². The van der Waals surface area contributed by atoms with Crippen LogP contribution in [0.3, 0.4) is 0 Å². The molecule has 0 bridgehead atoms. The summed E-state index contributed by atoms with van der Waals surface area (Å²) in [5.41, 5.74) is 3.91. The minimum Gasteiger partial charge on any atom is -0.326 e. The van der Waals surface area contributed by atoms with E-state index < -0.39 is 11.8 Å². The second kappa shape index (κ2) is 8.26. The van der Waals surface area contributed by atoms with Gasteiger partial charge in [0.1, 0.15) is 0 Å². The minimum atomic E-state index is -0.614. The van der Waals surface area contributed by atoms with Crippen LogP contribution < -0.4 is 10.8 Å². The second-order valence-corrected chi connectivity index (χ2v) is 6.09. The molecule has 0 saturated heterocycles. The zero-order chi connectivity index (χ0) is 17.5. The van der Waals surface area contributed by atoms with Crippen molar-refractivity contribution in [2.45, 2.75) is 26.2 Å². The number of rotatable bonds is 6. The molecule has 0 radical (unpaired) electrons. The molecule has 1 unspecified atom stereocenters. The molecule has 0 spiro atoms. The largest absolute Gasteiger partial charge is 0.326 e. The van der Waals surface area contributed by atoms with Gasteiger partial charge >= 0.3 is 0 Å². The summed E-state index contributed by atoms with van der Waals surface area (Å²) in [6, 6.07) is 16.3. The van der Waals surface area contributed by atoms with Gasteiger partial charge in [-0.05, 0) is 29.2 Å². The number of carbonyl (C=O) groups is 2. The molecule has 3 N–H and O–H groups in total. The summed E-state index contributed by atoms with van der Waals surface area (Å²) in [6.07, 6.45) is 0.460. The highest BCUT2D eigenvalue weighted by atomic mass is 16.5. The van der Waals surface area contributed by atoms with Crippen LogP contribution in [0.5, 0.6) is 0 Å². The molecule has 24 heavy (non-hydrogen) atoms. The third-order valence-electron chi connectivity index (χ3n) is 3.63. The number of nitrogens with one attached hydrogen (secondary N) is 2. The van der Waals surface area contributed by atoms with Crippen molar-refractivity contribution in [2.24, 2.45) is 5.92 Å². The van der Waals surface area contributed by atoms with Crippen LogP contribution in [0.1, 0.15) is 37.3 Å². The predicted molar refractivity (Wildman–Crippen MR) is 92.7 cm³/mol. The van der Waals surface area contributed by atoms with Crippen LogP contribution in [0.25, 0.3) is 0 Å². The third kappa shape index (κ3) is 4.67. The van der Waals surface area contributed by atoms with E-state index in [1.807, 2.05) is 44.2 Å². The lowest BCUT2D eigenvalue weighted by Gasteiger charge is -2.16. The molecule has 2 rings (SSSR count).